The molecule has 1 saturated heterocycles. The Labute approximate surface area is 88.5 Å². The number of nitrogens with two attached hydrogens (primary N) is 1. The van der Waals surface area contributed by atoms with Crippen molar-refractivity contribution in [3.8, 4) is 0 Å². The molecule has 15 heavy (non-hydrogen) atoms. The fourth-order valence-electron chi connectivity index (χ4n) is 1.98. The van der Waals surface area contributed by atoms with Gasteiger partial charge in [0.05, 0.1) is 18.9 Å². The maximum atomic E-state index is 12.9. The van der Waals surface area contributed by atoms with E-state index in [2.05, 4.69) is 4.98 Å². The molecule has 1 fully saturated rings. The highest BCUT2D eigenvalue weighted by Gasteiger charge is 2.28. The van der Waals surface area contributed by atoms with E-state index in [-0.39, 0.29) is 23.9 Å². The Bertz CT molecular complexity index is 345. The summed E-state index contributed by atoms with van der Waals surface area (Å²) in [5.74, 6) is -0.0708. The molecule has 1 aliphatic heterocycles. The van der Waals surface area contributed by atoms with Gasteiger partial charge in [-0.3, -0.25) is 4.98 Å². The third kappa shape index (κ3) is 2.33. The molecular formula is C11H15FN2O. The molecule has 1 aromatic rings. The van der Waals surface area contributed by atoms with Crippen molar-refractivity contribution < 1.29 is 9.13 Å². The highest BCUT2D eigenvalue weighted by atomic mass is 19.1. The number of hydrogen-bond acceptors (Lipinski definition) is 3. The highest BCUT2D eigenvalue weighted by Crippen LogP contribution is 2.29. The first-order valence-corrected chi connectivity index (χ1v) is 5.14. The first kappa shape index (κ1) is 10.5. The van der Waals surface area contributed by atoms with Crippen LogP contribution in [0.25, 0.3) is 0 Å². The second-order valence-corrected chi connectivity index (χ2v) is 4.10. The van der Waals surface area contributed by atoms with Crippen LogP contribution in [-0.2, 0) is 4.74 Å². The Morgan fingerprint density at radius 1 is 1.60 bits per heavy atom. The van der Waals surface area contributed by atoms with Crippen LogP contribution in [-0.4, -0.2) is 17.7 Å². The van der Waals surface area contributed by atoms with Gasteiger partial charge in [0.1, 0.15) is 5.82 Å². The van der Waals surface area contributed by atoms with E-state index >= 15 is 0 Å². The third-order valence-corrected chi connectivity index (χ3v) is 2.85. The number of ether oxygens (including phenoxy) is 1. The van der Waals surface area contributed by atoms with Gasteiger partial charge in [0, 0.05) is 18.2 Å². The molecule has 0 bridgehead atoms. The normalized spacial score (nSPS) is 27.9. The van der Waals surface area contributed by atoms with Gasteiger partial charge in [-0.25, -0.2) is 4.39 Å². The zero-order valence-corrected chi connectivity index (χ0v) is 8.69. The van der Waals surface area contributed by atoms with E-state index in [4.69, 9.17) is 10.5 Å². The van der Waals surface area contributed by atoms with Gasteiger partial charge in [-0.05, 0) is 25.0 Å². The molecule has 4 heteroatoms. The lowest BCUT2D eigenvalue weighted by Gasteiger charge is -2.17. The summed E-state index contributed by atoms with van der Waals surface area (Å²) >= 11 is 0. The Kier molecular flexibility index (Phi) is 2.98. The van der Waals surface area contributed by atoms with Crippen molar-refractivity contribution >= 4 is 0 Å². The van der Waals surface area contributed by atoms with Crippen LogP contribution in [0.5, 0.6) is 0 Å². The summed E-state index contributed by atoms with van der Waals surface area (Å²) in [4.78, 5) is 3.80. The van der Waals surface area contributed by atoms with Gasteiger partial charge in [0.2, 0.25) is 0 Å². The summed E-state index contributed by atoms with van der Waals surface area (Å²) in [5, 5.41) is 0. The average molecular weight is 210 g/mol. The first-order chi connectivity index (χ1) is 7.16. The zero-order valence-electron chi connectivity index (χ0n) is 8.69. The number of aromatic nitrogens is 1. The average Bonchev–Trinajstić information content (AvgIpc) is 2.64. The van der Waals surface area contributed by atoms with Gasteiger partial charge in [-0.15, -0.1) is 0 Å². The van der Waals surface area contributed by atoms with E-state index in [1.54, 1.807) is 6.20 Å². The molecule has 1 aromatic heterocycles. The zero-order chi connectivity index (χ0) is 10.8. The number of pyridine rings is 1. The fourth-order valence-corrected chi connectivity index (χ4v) is 1.98. The molecule has 0 radical (unpaired) electrons. The van der Waals surface area contributed by atoms with Crippen LogP contribution >= 0.6 is 0 Å². The molecule has 1 aliphatic rings. The second-order valence-electron chi connectivity index (χ2n) is 4.10. The molecule has 0 amide bonds. The van der Waals surface area contributed by atoms with E-state index in [0.29, 0.717) is 6.61 Å². The number of halogens is 1. The van der Waals surface area contributed by atoms with Gasteiger partial charge in [-0.1, -0.05) is 0 Å². The molecule has 0 aromatic carbocycles. The minimum atomic E-state index is -0.338. The number of hydrogen-bond donors (Lipinski definition) is 1. The van der Waals surface area contributed by atoms with Crippen LogP contribution in [0, 0.1) is 11.7 Å². The lowest BCUT2D eigenvalue weighted by Crippen LogP contribution is -2.22. The molecule has 82 valence electrons. The summed E-state index contributed by atoms with van der Waals surface area (Å²) in [6, 6.07) is 1.26. The molecule has 2 N–H and O–H groups in total. The Morgan fingerprint density at radius 3 is 3.00 bits per heavy atom. The molecule has 0 saturated carbocycles. The predicted octanol–water partition coefficient (Wildman–Crippen LogP) is 1.65. The Morgan fingerprint density at radius 2 is 2.40 bits per heavy atom. The van der Waals surface area contributed by atoms with Gasteiger partial charge >= 0.3 is 0 Å². The minimum absolute atomic E-state index is 0.182. The lowest BCUT2D eigenvalue weighted by atomic mass is 9.93. The van der Waals surface area contributed by atoms with Crippen LogP contribution in [0.15, 0.2) is 18.5 Å². The maximum Gasteiger partial charge on any atom is 0.141 e. The van der Waals surface area contributed by atoms with Crippen LogP contribution in [0.2, 0.25) is 0 Å². The van der Waals surface area contributed by atoms with Gasteiger partial charge < -0.3 is 10.5 Å². The number of nitrogens with zero attached hydrogens (tertiary/aromatic N) is 1. The maximum absolute atomic E-state index is 12.9. The summed E-state index contributed by atoms with van der Waals surface area (Å²) in [7, 11) is 0. The molecule has 2 heterocycles. The van der Waals surface area contributed by atoms with Gasteiger partial charge in [0.15, 0.2) is 0 Å². The SMILES string of the molecule is CC1CC(C(N)c2cncc(F)c2)CO1. The van der Waals surface area contributed by atoms with Crippen molar-refractivity contribution in [1.29, 1.82) is 0 Å². The summed E-state index contributed by atoms with van der Waals surface area (Å²) in [6.45, 7) is 2.68. The standard InChI is InChI=1S/C11H15FN2O/c1-7-2-9(6-15-7)11(13)8-3-10(12)5-14-4-8/h3-5,7,9,11H,2,6,13H2,1H3. The molecular weight excluding hydrogens is 195 g/mol. The van der Waals surface area contributed by atoms with Crippen molar-refractivity contribution in [2.75, 3.05) is 6.61 Å². The van der Waals surface area contributed by atoms with Crippen molar-refractivity contribution in [3.05, 3.63) is 29.8 Å². The van der Waals surface area contributed by atoms with E-state index in [9.17, 15) is 4.39 Å². The Balaban J connectivity index is 2.10. The lowest BCUT2D eigenvalue weighted by molar-refractivity contribution is 0.118. The third-order valence-electron chi connectivity index (χ3n) is 2.85. The van der Waals surface area contributed by atoms with E-state index in [1.165, 1.54) is 12.3 Å². The molecule has 0 aliphatic carbocycles. The highest BCUT2D eigenvalue weighted by molar-refractivity contribution is 5.16. The quantitative estimate of drug-likeness (QED) is 0.807. The molecule has 3 atom stereocenters. The second kappa shape index (κ2) is 4.24. The smallest absolute Gasteiger partial charge is 0.141 e. The van der Waals surface area contributed by atoms with E-state index in [1.807, 2.05) is 6.92 Å². The van der Waals surface area contributed by atoms with Gasteiger partial charge in [0.25, 0.3) is 0 Å². The van der Waals surface area contributed by atoms with E-state index < -0.39 is 0 Å². The summed E-state index contributed by atoms with van der Waals surface area (Å²) in [5.41, 5.74) is 6.79. The number of rotatable bonds is 2. The largest absolute Gasteiger partial charge is 0.378 e. The topological polar surface area (TPSA) is 48.1 Å². The fraction of sp³-hybridized carbons (Fsp3) is 0.545. The summed E-state index contributed by atoms with van der Waals surface area (Å²) < 4.78 is 18.4. The van der Waals surface area contributed by atoms with Crippen molar-refractivity contribution in [2.45, 2.75) is 25.5 Å². The van der Waals surface area contributed by atoms with Crippen LogP contribution in [0.1, 0.15) is 24.9 Å². The van der Waals surface area contributed by atoms with Crippen LogP contribution in [0.3, 0.4) is 0 Å². The molecule has 0 spiro atoms. The van der Waals surface area contributed by atoms with E-state index in [0.717, 1.165) is 12.0 Å². The van der Waals surface area contributed by atoms with Crippen LogP contribution < -0.4 is 5.73 Å². The van der Waals surface area contributed by atoms with Gasteiger partial charge in [-0.2, -0.15) is 0 Å². The first-order valence-electron chi connectivity index (χ1n) is 5.14. The predicted molar refractivity (Wildman–Crippen MR) is 54.6 cm³/mol. The van der Waals surface area contributed by atoms with Crippen LogP contribution in [0.4, 0.5) is 4.39 Å². The molecule has 3 nitrogen and oxygen atoms in total. The Hall–Kier alpha value is -1.00. The van der Waals surface area contributed by atoms with Crippen molar-refractivity contribution in [3.63, 3.8) is 0 Å². The molecule has 2 rings (SSSR count). The van der Waals surface area contributed by atoms with Crippen molar-refractivity contribution in [2.24, 2.45) is 11.7 Å². The van der Waals surface area contributed by atoms with Crippen molar-refractivity contribution in [1.82, 2.24) is 4.98 Å². The summed E-state index contributed by atoms with van der Waals surface area (Å²) in [6.07, 6.45) is 3.99. The monoisotopic (exact) mass is 210 g/mol. The minimum Gasteiger partial charge on any atom is -0.378 e. The molecule has 3 unspecified atom stereocenters.